The molecule has 0 saturated carbocycles. The van der Waals surface area contributed by atoms with Crippen LogP contribution in [0.15, 0.2) is 30.3 Å². The Balaban J connectivity index is 1.97. The van der Waals surface area contributed by atoms with Crippen molar-refractivity contribution in [2.45, 2.75) is 70.6 Å². The van der Waals surface area contributed by atoms with Crippen molar-refractivity contribution in [3.63, 3.8) is 0 Å². The first-order valence-electron chi connectivity index (χ1n) is 12.6. The molecule has 0 radical (unpaired) electrons. The molecule has 1 aromatic rings. The van der Waals surface area contributed by atoms with E-state index in [-0.39, 0.29) is 49.7 Å². The molecule has 2 N–H and O–H groups in total. The number of nitrogens with one attached hydrogen (secondary N) is 1. The average molecular weight is 502 g/mol. The molecular weight excluding hydrogens is 462 g/mol. The molecule has 1 aliphatic rings. The van der Waals surface area contributed by atoms with E-state index in [1.165, 1.54) is 4.90 Å². The van der Waals surface area contributed by atoms with Crippen LogP contribution in [0.3, 0.4) is 0 Å². The van der Waals surface area contributed by atoms with Crippen molar-refractivity contribution in [1.29, 1.82) is 0 Å². The molecule has 3 unspecified atom stereocenters. The van der Waals surface area contributed by atoms with E-state index in [4.69, 9.17) is 0 Å². The Morgan fingerprint density at radius 3 is 2.36 bits per heavy atom. The van der Waals surface area contributed by atoms with Gasteiger partial charge in [-0.25, -0.2) is 0 Å². The molecule has 1 aromatic carbocycles. The molecule has 1 heterocycles. The zero-order valence-electron chi connectivity index (χ0n) is 21.7. The maximum atomic E-state index is 12.9. The van der Waals surface area contributed by atoms with Gasteiger partial charge in [0.05, 0.1) is 12.6 Å². The van der Waals surface area contributed by atoms with Crippen LogP contribution in [0.1, 0.15) is 64.0 Å². The highest BCUT2D eigenvalue weighted by Crippen LogP contribution is 2.24. The summed E-state index contributed by atoms with van der Waals surface area (Å²) in [6, 6.07) is 7.45. The zero-order chi connectivity index (χ0) is 26.8. The topological polar surface area (TPSA) is 124 Å². The molecule has 0 bridgehead atoms. The lowest BCUT2D eigenvalue weighted by molar-refractivity contribution is -0.136. The number of ketones is 3. The number of aliphatic hydroxyl groups is 1. The smallest absolute Gasteiger partial charge is 0.249 e. The molecular formula is C27H39N3O6. The van der Waals surface area contributed by atoms with Gasteiger partial charge in [-0.05, 0) is 24.4 Å². The van der Waals surface area contributed by atoms with E-state index in [2.05, 4.69) is 5.32 Å². The predicted molar refractivity (Wildman–Crippen MR) is 135 cm³/mol. The van der Waals surface area contributed by atoms with Gasteiger partial charge >= 0.3 is 0 Å². The van der Waals surface area contributed by atoms with Crippen LogP contribution in [-0.4, -0.2) is 83.4 Å². The number of hydrogen-bond donors (Lipinski definition) is 2. The third-order valence-corrected chi connectivity index (χ3v) is 6.64. The summed E-state index contributed by atoms with van der Waals surface area (Å²) in [7, 11) is 3.20. The molecule has 4 atom stereocenters. The second-order valence-corrected chi connectivity index (χ2v) is 9.60. The van der Waals surface area contributed by atoms with E-state index in [0.29, 0.717) is 24.9 Å². The summed E-state index contributed by atoms with van der Waals surface area (Å²) in [5.41, 5.74) is 0.629. The largest absolute Gasteiger partial charge is 0.385 e. The molecule has 9 nitrogen and oxygen atoms in total. The maximum Gasteiger partial charge on any atom is 0.249 e. The van der Waals surface area contributed by atoms with Crippen LogP contribution in [0.2, 0.25) is 0 Å². The second-order valence-electron chi connectivity index (χ2n) is 9.60. The fraction of sp³-hybridized carbons (Fsp3) is 0.593. The lowest BCUT2D eigenvalue weighted by atomic mass is 9.86. The minimum absolute atomic E-state index is 0.00874. The van der Waals surface area contributed by atoms with Gasteiger partial charge in [0.25, 0.3) is 0 Å². The number of aliphatic hydroxyl groups excluding tert-OH is 1. The van der Waals surface area contributed by atoms with Gasteiger partial charge in [-0.2, -0.15) is 0 Å². The number of rotatable bonds is 14. The minimum atomic E-state index is -1.37. The number of amides is 2. The molecule has 198 valence electrons. The van der Waals surface area contributed by atoms with Gasteiger partial charge in [0.2, 0.25) is 11.8 Å². The summed E-state index contributed by atoms with van der Waals surface area (Å²) in [6.07, 6.45) is -0.434. The van der Waals surface area contributed by atoms with Crippen molar-refractivity contribution in [3.05, 3.63) is 35.9 Å². The number of carbonyl (C=O) groups is 5. The van der Waals surface area contributed by atoms with Crippen LogP contribution in [0.25, 0.3) is 0 Å². The molecule has 36 heavy (non-hydrogen) atoms. The third-order valence-electron chi connectivity index (χ3n) is 6.64. The Bertz CT molecular complexity index is 933. The van der Waals surface area contributed by atoms with E-state index < -0.39 is 35.8 Å². The molecule has 0 aromatic heterocycles. The Morgan fingerprint density at radius 1 is 1.11 bits per heavy atom. The molecule has 9 heteroatoms. The SMILES string of the molecule is CCCC(CC(=O)C1CC(=O)CN1CC)C(O)C(=O)CCC(=O)N[C@H](C(=O)N(C)C)c1ccccc1. The van der Waals surface area contributed by atoms with Crippen molar-refractivity contribution in [2.75, 3.05) is 27.2 Å². The highest BCUT2D eigenvalue weighted by molar-refractivity contribution is 5.95. The van der Waals surface area contributed by atoms with Crippen LogP contribution in [0, 0.1) is 5.92 Å². The highest BCUT2D eigenvalue weighted by Gasteiger charge is 2.37. The predicted octanol–water partition coefficient (Wildman–Crippen LogP) is 1.68. The van der Waals surface area contributed by atoms with Gasteiger partial charge in [-0.1, -0.05) is 50.6 Å². The fourth-order valence-electron chi connectivity index (χ4n) is 4.60. The molecule has 0 aliphatic carbocycles. The van der Waals surface area contributed by atoms with Crippen molar-refractivity contribution in [1.82, 2.24) is 15.1 Å². The first-order valence-corrected chi connectivity index (χ1v) is 12.6. The van der Waals surface area contributed by atoms with Gasteiger partial charge in [-0.15, -0.1) is 0 Å². The molecule has 1 aliphatic heterocycles. The van der Waals surface area contributed by atoms with Gasteiger partial charge < -0.3 is 15.3 Å². The quantitative estimate of drug-likeness (QED) is 0.397. The van der Waals surface area contributed by atoms with Crippen molar-refractivity contribution in [2.24, 2.45) is 5.92 Å². The number of Topliss-reactive ketones (excluding diaryl/α,β-unsaturated/α-hetero) is 3. The van der Waals surface area contributed by atoms with Crippen LogP contribution >= 0.6 is 0 Å². The summed E-state index contributed by atoms with van der Waals surface area (Å²) >= 11 is 0. The molecule has 1 saturated heterocycles. The number of likely N-dealkylation sites (N-methyl/N-ethyl adjacent to an activating group) is 2. The second kappa shape index (κ2) is 14.0. The van der Waals surface area contributed by atoms with E-state index in [9.17, 15) is 29.1 Å². The van der Waals surface area contributed by atoms with Crippen LogP contribution in [0.5, 0.6) is 0 Å². The Kier molecular flexibility index (Phi) is 11.4. The molecule has 0 spiro atoms. The maximum absolute atomic E-state index is 12.9. The Morgan fingerprint density at radius 2 is 1.78 bits per heavy atom. The van der Waals surface area contributed by atoms with E-state index in [1.54, 1.807) is 38.4 Å². The number of nitrogens with zero attached hydrogens (tertiary/aromatic N) is 2. The minimum Gasteiger partial charge on any atom is -0.385 e. The number of benzene rings is 1. The summed E-state index contributed by atoms with van der Waals surface area (Å²) in [5, 5.41) is 13.4. The first-order chi connectivity index (χ1) is 17.1. The lowest BCUT2D eigenvalue weighted by Gasteiger charge is -2.25. The summed E-state index contributed by atoms with van der Waals surface area (Å²) in [4.78, 5) is 65.9. The van der Waals surface area contributed by atoms with Gasteiger partial charge in [0.15, 0.2) is 11.6 Å². The van der Waals surface area contributed by atoms with Crippen LogP contribution < -0.4 is 5.32 Å². The highest BCUT2D eigenvalue weighted by atomic mass is 16.3. The molecule has 1 fully saturated rings. The van der Waals surface area contributed by atoms with Crippen molar-refractivity contribution >= 4 is 29.2 Å². The van der Waals surface area contributed by atoms with Crippen LogP contribution in [0.4, 0.5) is 0 Å². The summed E-state index contributed by atoms with van der Waals surface area (Å²) in [6.45, 7) is 4.63. The molecule has 2 amide bonds. The average Bonchev–Trinajstić information content (AvgIpc) is 3.25. The zero-order valence-corrected chi connectivity index (χ0v) is 21.7. The molecule has 2 rings (SSSR count). The van der Waals surface area contributed by atoms with Gasteiger partial charge in [0, 0.05) is 39.8 Å². The van der Waals surface area contributed by atoms with Gasteiger partial charge in [-0.3, -0.25) is 28.9 Å². The normalized spacial score (nSPS) is 18.4. The van der Waals surface area contributed by atoms with Crippen molar-refractivity contribution in [3.8, 4) is 0 Å². The van der Waals surface area contributed by atoms with E-state index in [0.717, 1.165) is 0 Å². The Labute approximate surface area is 213 Å². The van der Waals surface area contributed by atoms with Crippen LogP contribution in [-0.2, 0) is 24.0 Å². The summed E-state index contributed by atoms with van der Waals surface area (Å²) in [5.74, 6) is -1.98. The third kappa shape index (κ3) is 8.06. The standard InChI is InChI=1S/C27H39N3O6/c1-5-10-19(15-23(33)21-16-20(31)17-30(21)6-2)26(35)22(32)13-14-24(34)28-25(27(36)29(3)4)18-11-8-7-9-12-18/h7-9,11-12,19,21,25-26,35H,5-6,10,13-17H2,1-4H3,(H,28,34)/t19?,21?,25-,26?/m0/s1. The summed E-state index contributed by atoms with van der Waals surface area (Å²) < 4.78 is 0. The number of likely N-dealkylation sites (tertiary alicyclic amines) is 1. The van der Waals surface area contributed by atoms with Crippen molar-refractivity contribution < 1.29 is 29.1 Å². The van der Waals surface area contributed by atoms with Gasteiger partial charge in [0.1, 0.15) is 17.9 Å². The Hall–Kier alpha value is -2.91. The number of carbonyl (C=O) groups excluding carboxylic acids is 5. The fourth-order valence-corrected chi connectivity index (χ4v) is 4.60. The first kappa shape index (κ1) is 29.3. The monoisotopic (exact) mass is 501 g/mol. The number of hydrogen-bond acceptors (Lipinski definition) is 7. The van der Waals surface area contributed by atoms with E-state index in [1.807, 2.05) is 24.8 Å². The van der Waals surface area contributed by atoms with E-state index >= 15 is 0 Å². The lowest BCUT2D eigenvalue weighted by Crippen LogP contribution is -2.41.